The fraction of sp³-hybridized carbons (Fsp3) is 0.522. The molecule has 0 bridgehead atoms. The minimum absolute atomic E-state index is 0.0116. The largest absolute Gasteiger partial charge is 0.366 e. The van der Waals surface area contributed by atoms with E-state index in [1.807, 2.05) is 30.2 Å². The number of nitrogens with one attached hydrogen (secondary N) is 1. The molecule has 0 spiro atoms. The molecule has 8 heteroatoms. The molecule has 2 amide bonds. The van der Waals surface area contributed by atoms with E-state index >= 15 is 4.39 Å². The van der Waals surface area contributed by atoms with Gasteiger partial charge in [-0.05, 0) is 32.4 Å². The highest BCUT2D eigenvalue weighted by molar-refractivity contribution is 5.98. The molecular weight excluding hydrogens is 399 g/mol. The maximum atomic E-state index is 15.0. The van der Waals surface area contributed by atoms with Crippen molar-refractivity contribution in [2.24, 2.45) is 0 Å². The second-order valence-electron chi connectivity index (χ2n) is 8.13. The number of anilines is 1. The van der Waals surface area contributed by atoms with Crippen molar-refractivity contribution in [3.63, 3.8) is 0 Å². The van der Waals surface area contributed by atoms with Crippen molar-refractivity contribution in [3.8, 4) is 0 Å². The Labute approximate surface area is 181 Å². The second-order valence-corrected chi connectivity index (χ2v) is 8.13. The average Bonchev–Trinajstić information content (AvgIpc) is 2.74. The van der Waals surface area contributed by atoms with Crippen LogP contribution in [0.15, 0.2) is 23.1 Å². The van der Waals surface area contributed by atoms with Gasteiger partial charge in [-0.1, -0.05) is 13.3 Å². The molecule has 0 radical (unpaired) electrons. The standard InChI is InChI=1S/C23H31FN4O3/c1-5-7-15(3)25-23(31)18-14-26(6-2)20-13-21(19(24)12-17(20)22(18)30)28-10-8-27(9-11-28)16(4)29/h12-15H,5-11H2,1-4H3,(H,25,31)/t15-/m0/s1. The van der Waals surface area contributed by atoms with Gasteiger partial charge in [0.05, 0.1) is 11.2 Å². The lowest BCUT2D eigenvalue weighted by atomic mass is 10.1. The van der Waals surface area contributed by atoms with E-state index in [0.29, 0.717) is 43.9 Å². The molecule has 2 heterocycles. The highest BCUT2D eigenvalue weighted by Gasteiger charge is 2.23. The molecule has 1 atom stereocenters. The zero-order valence-electron chi connectivity index (χ0n) is 18.7. The topological polar surface area (TPSA) is 74.7 Å². The molecule has 1 aliphatic rings. The van der Waals surface area contributed by atoms with Gasteiger partial charge in [0.15, 0.2) is 0 Å². The number of aryl methyl sites for hydroxylation is 1. The number of amides is 2. The number of aromatic nitrogens is 1. The molecule has 0 aliphatic carbocycles. The number of benzene rings is 1. The van der Waals surface area contributed by atoms with Crippen molar-refractivity contribution >= 4 is 28.4 Å². The molecular formula is C23H31FN4O3. The first-order chi connectivity index (χ1) is 14.8. The van der Waals surface area contributed by atoms with Crippen molar-refractivity contribution in [1.82, 2.24) is 14.8 Å². The molecule has 1 aromatic carbocycles. The number of hydrogen-bond donors (Lipinski definition) is 1. The van der Waals surface area contributed by atoms with Crippen LogP contribution < -0.4 is 15.6 Å². The number of pyridine rings is 1. The summed E-state index contributed by atoms with van der Waals surface area (Å²) in [5, 5.41) is 3.05. The SMILES string of the molecule is CCC[C@H](C)NC(=O)c1cn(CC)c2cc(N3CCN(C(C)=O)CC3)c(F)cc2c1=O. The first-order valence-electron chi connectivity index (χ1n) is 10.9. The third-order valence-electron chi connectivity index (χ3n) is 5.90. The minimum atomic E-state index is -0.500. The van der Waals surface area contributed by atoms with Crippen LogP contribution in [-0.4, -0.2) is 53.5 Å². The van der Waals surface area contributed by atoms with Gasteiger partial charge in [0.1, 0.15) is 11.4 Å². The Morgan fingerprint density at radius 3 is 2.42 bits per heavy atom. The summed E-state index contributed by atoms with van der Waals surface area (Å²) in [6, 6.07) is 2.87. The van der Waals surface area contributed by atoms with E-state index in [0.717, 1.165) is 12.8 Å². The van der Waals surface area contributed by atoms with Crippen molar-refractivity contribution in [1.29, 1.82) is 0 Å². The maximum absolute atomic E-state index is 15.0. The summed E-state index contributed by atoms with van der Waals surface area (Å²) in [7, 11) is 0. The molecule has 0 saturated carbocycles. The Hall–Kier alpha value is -2.90. The van der Waals surface area contributed by atoms with Crippen molar-refractivity contribution in [2.45, 2.75) is 53.1 Å². The van der Waals surface area contributed by atoms with Gasteiger partial charge in [0.2, 0.25) is 11.3 Å². The summed E-state index contributed by atoms with van der Waals surface area (Å²) >= 11 is 0. The zero-order chi connectivity index (χ0) is 22.7. The smallest absolute Gasteiger partial charge is 0.256 e. The molecule has 7 nitrogen and oxygen atoms in total. The normalized spacial score (nSPS) is 15.3. The van der Waals surface area contributed by atoms with Crippen molar-refractivity contribution < 1.29 is 14.0 Å². The summed E-state index contributed by atoms with van der Waals surface area (Å²) in [6.07, 6.45) is 3.30. The minimum Gasteiger partial charge on any atom is -0.366 e. The van der Waals surface area contributed by atoms with E-state index in [1.54, 1.807) is 17.2 Å². The zero-order valence-corrected chi connectivity index (χ0v) is 18.7. The first kappa shape index (κ1) is 22.8. The lowest BCUT2D eigenvalue weighted by molar-refractivity contribution is -0.129. The lowest BCUT2D eigenvalue weighted by Gasteiger charge is -2.36. The van der Waals surface area contributed by atoms with Crippen LogP contribution in [0.3, 0.4) is 0 Å². The monoisotopic (exact) mass is 430 g/mol. The second kappa shape index (κ2) is 9.49. The summed E-state index contributed by atoms with van der Waals surface area (Å²) in [6.45, 7) is 10.0. The van der Waals surface area contributed by atoms with Gasteiger partial charge >= 0.3 is 0 Å². The fourth-order valence-electron chi connectivity index (χ4n) is 4.13. The Kier molecular flexibility index (Phi) is 6.97. The Bertz CT molecular complexity index is 1040. The quantitative estimate of drug-likeness (QED) is 0.765. The highest BCUT2D eigenvalue weighted by atomic mass is 19.1. The highest BCUT2D eigenvalue weighted by Crippen LogP contribution is 2.26. The maximum Gasteiger partial charge on any atom is 0.256 e. The third kappa shape index (κ3) is 4.73. The van der Waals surface area contributed by atoms with Crippen LogP contribution in [-0.2, 0) is 11.3 Å². The summed E-state index contributed by atoms with van der Waals surface area (Å²) in [5.74, 6) is -0.919. The van der Waals surface area contributed by atoms with Gasteiger partial charge in [0, 0.05) is 57.3 Å². The Balaban J connectivity index is 1.99. The number of hydrogen-bond acceptors (Lipinski definition) is 4. The fourth-order valence-corrected chi connectivity index (χ4v) is 4.13. The van der Waals surface area contributed by atoms with E-state index < -0.39 is 17.2 Å². The van der Waals surface area contributed by atoms with Crippen LogP contribution in [0.2, 0.25) is 0 Å². The number of carbonyl (C=O) groups is 2. The number of piperazine rings is 1. The number of nitrogens with zero attached hydrogens (tertiary/aromatic N) is 3. The van der Waals surface area contributed by atoms with Crippen LogP contribution in [0.4, 0.5) is 10.1 Å². The molecule has 1 N–H and O–H groups in total. The summed E-state index contributed by atoms with van der Waals surface area (Å²) < 4.78 is 16.9. The molecule has 0 unspecified atom stereocenters. The van der Waals surface area contributed by atoms with Gasteiger partial charge < -0.3 is 19.7 Å². The summed E-state index contributed by atoms with van der Waals surface area (Å²) in [5.41, 5.74) is 0.564. The van der Waals surface area contributed by atoms with E-state index in [1.165, 1.54) is 13.0 Å². The van der Waals surface area contributed by atoms with Crippen LogP contribution in [0.5, 0.6) is 0 Å². The molecule has 1 aromatic heterocycles. The van der Waals surface area contributed by atoms with Gasteiger partial charge in [-0.3, -0.25) is 14.4 Å². The Morgan fingerprint density at radius 2 is 1.84 bits per heavy atom. The van der Waals surface area contributed by atoms with Crippen molar-refractivity contribution in [3.05, 3.63) is 39.9 Å². The van der Waals surface area contributed by atoms with E-state index in [9.17, 15) is 14.4 Å². The van der Waals surface area contributed by atoms with Crippen molar-refractivity contribution in [2.75, 3.05) is 31.1 Å². The van der Waals surface area contributed by atoms with E-state index in [4.69, 9.17) is 0 Å². The Morgan fingerprint density at radius 1 is 1.16 bits per heavy atom. The first-order valence-corrected chi connectivity index (χ1v) is 10.9. The van der Waals surface area contributed by atoms with Gasteiger partial charge in [0.25, 0.3) is 5.91 Å². The predicted molar refractivity (Wildman–Crippen MR) is 120 cm³/mol. The van der Waals surface area contributed by atoms with E-state index in [-0.39, 0.29) is 22.9 Å². The lowest BCUT2D eigenvalue weighted by Crippen LogP contribution is -2.48. The molecule has 31 heavy (non-hydrogen) atoms. The molecule has 168 valence electrons. The predicted octanol–water partition coefficient (Wildman–Crippen LogP) is 2.75. The van der Waals surface area contributed by atoms with E-state index in [2.05, 4.69) is 5.32 Å². The average molecular weight is 431 g/mol. The third-order valence-corrected chi connectivity index (χ3v) is 5.90. The molecule has 1 fully saturated rings. The molecule has 1 aliphatic heterocycles. The van der Waals surface area contributed by atoms with Gasteiger partial charge in [-0.25, -0.2) is 4.39 Å². The number of rotatable bonds is 6. The molecule has 2 aromatic rings. The van der Waals surface area contributed by atoms with Crippen LogP contribution >= 0.6 is 0 Å². The number of halogens is 1. The molecule has 3 rings (SSSR count). The van der Waals surface area contributed by atoms with Crippen LogP contribution in [0.25, 0.3) is 10.9 Å². The number of carbonyl (C=O) groups excluding carboxylic acids is 2. The van der Waals surface area contributed by atoms with Gasteiger partial charge in [-0.2, -0.15) is 0 Å². The van der Waals surface area contributed by atoms with Crippen LogP contribution in [0.1, 0.15) is 50.9 Å². The summed E-state index contributed by atoms with van der Waals surface area (Å²) in [4.78, 5) is 40.9. The molecule has 1 saturated heterocycles. The number of fused-ring (bicyclic) bond motifs is 1. The van der Waals surface area contributed by atoms with Crippen LogP contribution in [0, 0.1) is 5.82 Å². The van der Waals surface area contributed by atoms with Gasteiger partial charge in [-0.15, -0.1) is 0 Å².